The molecule has 1 aliphatic heterocycles. The molecule has 1 aliphatic rings. The molecule has 0 radical (unpaired) electrons. The van der Waals surface area contributed by atoms with Gasteiger partial charge in [0.05, 0.1) is 25.4 Å². The highest BCUT2D eigenvalue weighted by atomic mass is 16.6. The Morgan fingerprint density at radius 1 is 1.00 bits per heavy atom. The molecular formula is C26H28N4O3. The second-order valence-electron chi connectivity index (χ2n) is 7.72. The number of anilines is 1. The Morgan fingerprint density at radius 3 is 2.48 bits per heavy atom. The van der Waals surface area contributed by atoms with E-state index in [0.717, 1.165) is 54.4 Å². The molecule has 0 unspecified atom stereocenters. The third kappa shape index (κ3) is 6.19. The van der Waals surface area contributed by atoms with Crippen molar-refractivity contribution in [3.8, 4) is 0 Å². The van der Waals surface area contributed by atoms with Gasteiger partial charge in [-0.25, -0.2) is 5.48 Å². The summed E-state index contributed by atoms with van der Waals surface area (Å²) in [6, 6.07) is 19.2. The fraction of sp³-hybridized carbons (Fsp3) is 0.231. The molecule has 1 amide bonds. The SMILES string of the molecule is C=C(c1ccc(CONC(=O)c2ccccc2NCc2ccncc2)cc1)N1CCOCC1. The molecule has 0 bridgehead atoms. The lowest BCUT2D eigenvalue weighted by Gasteiger charge is -2.30. The number of morpholine rings is 1. The Morgan fingerprint density at radius 2 is 1.73 bits per heavy atom. The molecule has 1 aromatic heterocycles. The van der Waals surface area contributed by atoms with Crippen LogP contribution in [0.1, 0.15) is 27.0 Å². The lowest BCUT2D eigenvalue weighted by Crippen LogP contribution is -2.34. The van der Waals surface area contributed by atoms with Crippen molar-refractivity contribution in [2.45, 2.75) is 13.2 Å². The van der Waals surface area contributed by atoms with Crippen LogP contribution in [-0.2, 0) is 22.7 Å². The fourth-order valence-corrected chi connectivity index (χ4v) is 3.58. The van der Waals surface area contributed by atoms with Crippen molar-refractivity contribution in [1.29, 1.82) is 0 Å². The van der Waals surface area contributed by atoms with Crippen LogP contribution in [0.4, 0.5) is 5.69 Å². The molecule has 2 heterocycles. The zero-order chi connectivity index (χ0) is 22.9. The Balaban J connectivity index is 1.28. The van der Waals surface area contributed by atoms with Crippen LogP contribution < -0.4 is 10.8 Å². The lowest BCUT2D eigenvalue weighted by atomic mass is 10.1. The van der Waals surface area contributed by atoms with Crippen molar-refractivity contribution >= 4 is 17.3 Å². The summed E-state index contributed by atoms with van der Waals surface area (Å²) in [6.45, 7) is 8.24. The number of para-hydroxylation sites is 1. The van der Waals surface area contributed by atoms with Gasteiger partial charge < -0.3 is 15.0 Å². The number of hydrogen-bond acceptors (Lipinski definition) is 6. The zero-order valence-corrected chi connectivity index (χ0v) is 18.5. The minimum absolute atomic E-state index is 0.267. The van der Waals surface area contributed by atoms with E-state index in [1.807, 2.05) is 54.6 Å². The molecule has 0 spiro atoms. The van der Waals surface area contributed by atoms with Gasteiger partial charge in [-0.05, 0) is 41.0 Å². The number of hydrogen-bond donors (Lipinski definition) is 2. The first-order valence-corrected chi connectivity index (χ1v) is 11.0. The summed E-state index contributed by atoms with van der Waals surface area (Å²) in [5.41, 5.74) is 7.90. The van der Waals surface area contributed by atoms with Crippen LogP contribution in [0.5, 0.6) is 0 Å². The number of nitrogens with one attached hydrogen (secondary N) is 2. The second-order valence-corrected chi connectivity index (χ2v) is 7.72. The van der Waals surface area contributed by atoms with E-state index in [-0.39, 0.29) is 12.5 Å². The first-order valence-electron chi connectivity index (χ1n) is 11.0. The number of amides is 1. The van der Waals surface area contributed by atoms with Gasteiger partial charge in [-0.3, -0.25) is 14.6 Å². The first kappa shape index (κ1) is 22.5. The predicted octanol–water partition coefficient (Wildman–Crippen LogP) is 3.86. The van der Waals surface area contributed by atoms with Crippen LogP contribution in [0.25, 0.3) is 5.70 Å². The summed E-state index contributed by atoms with van der Waals surface area (Å²) < 4.78 is 5.40. The number of benzene rings is 2. The van der Waals surface area contributed by atoms with Gasteiger partial charge in [0.2, 0.25) is 0 Å². The average Bonchev–Trinajstić information content (AvgIpc) is 2.88. The number of hydroxylamine groups is 1. The molecule has 1 saturated heterocycles. The van der Waals surface area contributed by atoms with Gasteiger partial charge in [0.1, 0.15) is 0 Å². The van der Waals surface area contributed by atoms with Gasteiger partial charge >= 0.3 is 0 Å². The molecule has 0 saturated carbocycles. The van der Waals surface area contributed by atoms with E-state index in [1.165, 1.54) is 0 Å². The molecular weight excluding hydrogens is 416 g/mol. The smallest absolute Gasteiger partial charge is 0.276 e. The average molecular weight is 445 g/mol. The summed E-state index contributed by atoms with van der Waals surface area (Å²) in [4.78, 5) is 24.4. The van der Waals surface area contributed by atoms with E-state index in [4.69, 9.17) is 9.57 Å². The molecule has 4 rings (SSSR count). The van der Waals surface area contributed by atoms with E-state index < -0.39 is 0 Å². The van der Waals surface area contributed by atoms with Crippen LogP contribution in [0.2, 0.25) is 0 Å². The van der Waals surface area contributed by atoms with Gasteiger partial charge in [0.25, 0.3) is 5.91 Å². The minimum atomic E-state index is -0.301. The molecule has 2 aromatic carbocycles. The molecule has 2 N–H and O–H groups in total. The minimum Gasteiger partial charge on any atom is -0.380 e. The third-order valence-electron chi connectivity index (χ3n) is 5.49. The van der Waals surface area contributed by atoms with E-state index in [0.29, 0.717) is 12.1 Å². The van der Waals surface area contributed by atoms with Crippen LogP contribution in [0.3, 0.4) is 0 Å². The lowest BCUT2D eigenvalue weighted by molar-refractivity contribution is 0.0234. The van der Waals surface area contributed by atoms with Gasteiger partial charge in [-0.15, -0.1) is 0 Å². The van der Waals surface area contributed by atoms with Gasteiger partial charge in [-0.2, -0.15) is 0 Å². The van der Waals surface area contributed by atoms with E-state index in [9.17, 15) is 4.79 Å². The Labute approximate surface area is 194 Å². The molecule has 0 aliphatic carbocycles. The first-order chi connectivity index (χ1) is 16.2. The number of ether oxygens (including phenoxy) is 1. The van der Waals surface area contributed by atoms with Crippen LogP contribution in [0.15, 0.2) is 79.6 Å². The summed E-state index contributed by atoms with van der Waals surface area (Å²) in [7, 11) is 0. The quantitative estimate of drug-likeness (QED) is 0.488. The maximum Gasteiger partial charge on any atom is 0.276 e. The Hall–Kier alpha value is -3.68. The van der Waals surface area contributed by atoms with Crippen molar-refractivity contribution < 1.29 is 14.4 Å². The standard InChI is InChI=1S/C26H28N4O3/c1-20(30-14-16-32-17-15-30)23-8-6-22(7-9-23)19-33-29-26(31)24-4-2-3-5-25(24)28-18-21-10-12-27-13-11-21/h2-13,28H,1,14-19H2,(H,29,31). The molecule has 7 nitrogen and oxygen atoms in total. The molecule has 170 valence electrons. The van der Waals surface area contributed by atoms with Crippen molar-refractivity contribution in [1.82, 2.24) is 15.4 Å². The zero-order valence-electron chi connectivity index (χ0n) is 18.5. The van der Waals surface area contributed by atoms with Crippen molar-refractivity contribution in [3.05, 3.63) is 102 Å². The van der Waals surface area contributed by atoms with Crippen molar-refractivity contribution in [2.24, 2.45) is 0 Å². The number of nitrogens with zero attached hydrogens (tertiary/aromatic N) is 2. The number of carbonyl (C=O) groups excluding carboxylic acids is 1. The van der Waals surface area contributed by atoms with Crippen molar-refractivity contribution in [3.63, 3.8) is 0 Å². The molecule has 0 atom stereocenters. The van der Waals surface area contributed by atoms with Crippen LogP contribution >= 0.6 is 0 Å². The van der Waals surface area contributed by atoms with Crippen LogP contribution in [-0.4, -0.2) is 42.1 Å². The summed E-state index contributed by atoms with van der Waals surface area (Å²) in [5, 5.41) is 3.30. The number of carbonyl (C=O) groups is 1. The number of aromatic nitrogens is 1. The summed E-state index contributed by atoms with van der Waals surface area (Å²) in [5.74, 6) is -0.301. The summed E-state index contributed by atoms with van der Waals surface area (Å²) in [6.07, 6.45) is 3.49. The molecule has 33 heavy (non-hydrogen) atoms. The maximum absolute atomic E-state index is 12.7. The van der Waals surface area contributed by atoms with E-state index in [1.54, 1.807) is 18.5 Å². The monoisotopic (exact) mass is 444 g/mol. The third-order valence-corrected chi connectivity index (χ3v) is 5.49. The molecule has 7 heteroatoms. The number of rotatable bonds is 9. The second kappa shape index (κ2) is 11.3. The predicted molar refractivity (Wildman–Crippen MR) is 128 cm³/mol. The molecule has 3 aromatic rings. The van der Waals surface area contributed by atoms with E-state index >= 15 is 0 Å². The van der Waals surface area contributed by atoms with Crippen molar-refractivity contribution in [2.75, 3.05) is 31.6 Å². The molecule has 1 fully saturated rings. The van der Waals surface area contributed by atoms with E-state index in [2.05, 4.69) is 27.3 Å². The fourth-order valence-electron chi connectivity index (χ4n) is 3.58. The van der Waals surface area contributed by atoms with Gasteiger partial charge in [0, 0.05) is 43.4 Å². The normalized spacial score (nSPS) is 13.4. The Bertz CT molecular complexity index is 1060. The highest BCUT2D eigenvalue weighted by Gasteiger charge is 2.14. The highest BCUT2D eigenvalue weighted by Crippen LogP contribution is 2.20. The Kier molecular flexibility index (Phi) is 7.68. The van der Waals surface area contributed by atoms with Gasteiger partial charge in [0.15, 0.2) is 0 Å². The van der Waals surface area contributed by atoms with Crippen LogP contribution in [0, 0.1) is 0 Å². The number of pyridine rings is 1. The maximum atomic E-state index is 12.7. The summed E-state index contributed by atoms with van der Waals surface area (Å²) >= 11 is 0. The largest absolute Gasteiger partial charge is 0.380 e. The topological polar surface area (TPSA) is 75.7 Å². The van der Waals surface area contributed by atoms with Gasteiger partial charge in [-0.1, -0.05) is 43.0 Å². The highest BCUT2D eigenvalue weighted by molar-refractivity contribution is 5.99.